The average Bonchev–Trinajstić information content (AvgIpc) is 2.99. The first-order valence-corrected chi connectivity index (χ1v) is 8.81. The Balaban J connectivity index is 1.75. The van der Waals surface area contributed by atoms with Crippen LogP contribution in [0.15, 0.2) is 47.6 Å². The molecule has 2 aromatic carbocycles. The van der Waals surface area contributed by atoms with E-state index in [9.17, 15) is 18.0 Å². The van der Waals surface area contributed by atoms with Gasteiger partial charge in [-0.05, 0) is 31.2 Å². The molecule has 0 aliphatic rings. The maximum atomic E-state index is 13.9. The maximum Gasteiger partial charge on any atom is 0.237 e. The lowest BCUT2D eigenvalue weighted by molar-refractivity contribution is -0.115. The van der Waals surface area contributed by atoms with Crippen LogP contribution in [-0.2, 0) is 11.8 Å². The van der Waals surface area contributed by atoms with Crippen LogP contribution in [0, 0.1) is 17.5 Å². The number of amides is 1. The van der Waals surface area contributed by atoms with Crippen LogP contribution in [0.5, 0.6) is 0 Å². The monoisotopic (exact) mass is 392 g/mol. The van der Waals surface area contributed by atoms with Crippen molar-refractivity contribution in [1.82, 2.24) is 14.8 Å². The summed E-state index contributed by atoms with van der Waals surface area (Å²) < 4.78 is 42.4. The quantitative estimate of drug-likeness (QED) is 0.667. The van der Waals surface area contributed by atoms with Crippen molar-refractivity contribution in [3.63, 3.8) is 0 Å². The van der Waals surface area contributed by atoms with Crippen LogP contribution in [-0.4, -0.2) is 25.9 Å². The Bertz CT molecular complexity index is 992. The zero-order valence-electron chi connectivity index (χ0n) is 14.4. The second-order valence-corrected chi connectivity index (χ2v) is 7.03. The molecule has 9 heteroatoms. The molecule has 3 aromatic rings. The Hall–Kier alpha value is -2.81. The van der Waals surface area contributed by atoms with Crippen molar-refractivity contribution in [2.24, 2.45) is 7.05 Å². The largest absolute Gasteiger partial charge is 0.323 e. The predicted octanol–water partition coefficient (Wildman–Crippen LogP) is 4.02. The van der Waals surface area contributed by atoms with Crippen LogP contribution in [0.1, 0.15) is 6.92 Å². The van der Waals surface area contributed by atoms with Gasteiger partial charge in [-0.1, -0.05) is 23.9 Å². The average molecular weight is 392 g/mol. The van der Waals surface area contributed by atoms with Gasteiger partial charge in [0.2, 0.25) is 5.91 Å². The molecular weight excluding hydrogens is 377 g/mol. The second kappa shape index (κ2) is 7.83. The summed E-state index contributed by atoms with van der Waals surface area (Å²) in [5.41, 5.74) is 0.0516. The summed E-state index contributed by atoms with van der Waals surface area (Å²) in [4.78, 5) is 12.3. The number of rotatable bonds is 5. The Kier molecular flexibility index (Phi) is 5.50. The number of benzene rings is 2. The first-order valence-electron chi connectivity index (χ1n) is 7.93. The molecule has 0 radical (unpaired) electrons. The summed E-state index contributed by atoms with van der Waals surface area (Å²) in [6.45, 7) is 1.59. The van der Waals surface area contributed by atoms with E-state index in [1.165, 1.54) is 6.07 Å². The van der Waals surface area contributed by atoms with Crippen molar-refractivity contribution < 1.29 is 18.0 Å². The van der Waals surface area contributed by atoms with Crippen molar-refractivity contribution in [2.45, 2.75) is 17.3 Å². The Morgan fingerprint density at radius 3 is 2.59 bits per heavy atom. The minimum Gasteiger partial charge on any atom is -0.323 e. The Morgan fingerprint density at radius 1 is 1.11 bits per heavy atom. The highest BCUT2D eigenvalue weighted by atomic mass is 32.2. The number of carbonyl (C=O) groups excluding carboxylic acids is 1. The number of anilines is 1. The molecule has 0 aliphatic heterocycles. The summed E-state index contributed by atoms with van der Waals surface area (Å²) in [7, 11) is 1.65. The second-order valence-electron chi connectivity index (χ2n) is 5.72. The van der Waals surface area contributed by atoms with Crippen molar-refractivity contribution in [3.05, 3.63) is 59.9 Å². The molecule has 0 saturated carbocycles. The lowest BCUT2D eigenvalue weighted by Crippen LogP contribution is -2.23. The van der Waals surface area contributed by atoms with Crippen molar-refractivity contribution in [1.29, 1.82) is 0 Å². The molecule has 0 unspecified atom stereocenters. The third-order valence-corrected chi connectivity index (χ3v) is 4.92. The van der Waals surface area contributed by atoms with Crippen LogP contribution in [0.2, 0.25) is 0 Å². The summed E-state index contributed by atoms with van der Waals surface area (Å²) in [6, 6.07) is 8.96. The molecule has 5 nitrogen and oxygen atoms in total. The molecule has 0 bridgehead atoms. The molecule has 1 amide bonds. The molecule has 1 aromatic heterocycles. The van der Waals surface area contributed by atoms with Gasteiger partial charge in [-0.25, -0.2) is 13.2 Å². The standard InChI is InChI=1S/C18H15F3N4OS/c1-10(17(26)22-15-9-11(19)7-8-14(15)21)27-18-24-23-16(25(18)2)12-5-3-4-6-13(12)20/h3-10H,1-2H3,(H,22,26)/t10-/m0/s1. The van der Waals surface area contributed by atoms with E-state index >= 15 is 0 Å². The van der Waals surface area contributed by atoms with Gasteiger partial charge in [-0.15, -0.1) is 10.2 Å². The smallest absolute Gasteiger partial charge is 0.237 e. The minimum atomic E-state index is -0.734. The van der Waals surface area contributed by atoms with E-state index in [0.717, 1.165) is 30.0 Å². The maximum absolute atomic E-state index is 13.9. The van der Waals surface area contributed by atoms with Crippen molar-refractivity contribution >= 4 is 23.4 Å². The van der Waals surface area contributed by atoms with Gasteiger partial charge in [-0.2, -0.15) is 0 Å². The van der Waals surface area contributed by atoms with Crippen LogP contribution in [0.3, 0.4) is 0 Å². The van der Waals surface area contributed by atoms with Gasteiger partial charge in [0.15, 0.2) is 11.0 Å². The van der Waals surface area contributed by atoms with Gasteiger partial charge in [0.25, 0.3) is 0 Å². The highest BCUT2D eigenvalue weighted by Crippen LogP contribution is 2.27. The number of aromatic nitrogens is 3. The van der Waals surface area contributed by atoms with Crippen LogP contribution >= 0.6 is 11.8 Å². The first kappa shape index (κ1) is 19.0. The number of hydrogen-bond acceptors (Lipinski definition) is 4. The molecule has 3 rings (SSSR count). The topological polar surface area (TPSA) is 59.8 Å². The van der Waals surface area contributed by atoms with E-state index in [0.29, 0.717) is 16.5 Å². The summed E-state index contributed by atoms with van der Waals surface area (Å²) in [5.74, 6) is -2.03. The minimum absolute atomic E-state index is 0.238. The predicted molar refractivity (Wildman–Crippen MR) is 96.7 cm³/mol. The fourth-order valence-electron chi connectivity index (χ4n) is 2.33. The fourth-order valence-corrected chi connectivity index (χ4v) is 3.15. The van der Waals surface area contributed by atoms with Crippen molar-refractivity contribution in [2.75, 3.05) is 5.32 Å². The molecule has 0 aliphatic carbocycles. The zero-order valence-corrected chi connectivity index (χ0v) is 15.2. The lowest BCUT2D eigenvalue weighted by Gasteiger charge is -2.12. The van der Waals surface area contributed by atoms with E-state index in [1.807, 2.05) is 0 Å². The number of thioether (sulfide) groups is 1. The number of carbonyl (C=O) groups is 1. The van der Waals surface area contributed by atoms with E-state index in [2.05, 4.69) is 15.5 Å². The number of halogens is 3. The molecule has 140 valence electrons. The van der Waals surface area contributed by atoms with E-state index in [-0.39, 0.29) is 5.69 Å². The summed E-state index contributed by atoms with van der Waals surface area (Å²) >= 11 is 1.07. The fraction of sp³-hybridized carbons (Fsp3) is 0.167. The Morgan fingerprint density at radius 2 is 1.85 bits per heavy atom. The number of hydrogen-bond donors (Lipinski definition) is 1. The molecule has 0 saturated heterocycles. The lowest BCUT2D eigenvalue weighted by atomic mass is 10.2. The summed E-state index contributed by atoms with van der Waals surface area (Å²) in [6.07, 6.45) is 0. The highest BCUT2D eigenvalue weighted by molar-refractivity contribution is 8.00. The van der Waals surface area contributed by atoms with E-state index in [1.54, 1.807) is 36.7 Å². The highest BCUT2D eigenvalue weighted by Gasteiger charge is 2.21. The number of nitrogens with zero attached hydrogens (tertiary/aromatic N) is 3. The first-order chi connectivity index (χ1) is 12.9. The van der Waals surface area contributed by atoms with E-state index < -0.39 is 28.6 Å². The molecule has 0 spiro atoms. The molecule has 27 heavy (non-hydrogen) atoms. The van der Waals surface area contributed by atoms with Gasteiger partial charge in [0.1, 0.15) is 17.5 Å². The van der Waals surface area contributed by atoms with Gasteiger partial charge < -0.3 is 9.88 Å². The van der Waals surface area contributed by atoms with Gasteiger partial charge in [0, 0.05) is 13.1 Å². The van der Waals surface area contributed by atoms with Crippen LogP contribution in [0.25, 0.3) is 11.4 Å². The third kappa shape index (κ3) is 4.13. The third-order valence-electron chi connectivity index (χ3n) is 3.79. The molecule has 0 fully saturated rings. The van der Waals surface area contributed by atoms with Crippen LogP contribution in [0.4, 0.5) is 18.9 Å². The number of nitrogens with one attached hydrogen (secondary N) is 1. The summed E-state index contributed by atoms with van der Waals surface area (Å²) in [5, 5.41) is 10.0. The molecule has 1 N–H and O–H groups in total. The van der Waals surface area contributed by atoms with Gasteiger partial charge >= 0.3 is 0 Å². The molecule has 1 heterocycles. The Labute approximate surface area is 157 Å². The SMILES string of the molecule is C[C@H](Sc1nnc(-c2ccccc2F)n1C)C(=O)Nc1cc(F)ccc1F. The zero-order chi connectivity index (χ0) is 19.6. The van der Waals surface area contributed by atoms with Gasteiger partial charge in [-0.3, -0.25) is 4.79 Å². The van der Waals surface area contributed by atoms with Crippen molar-refractivity contribution in [3.8, 4) is 11.4 Å². The van der Waals surface area contributed by atoms with E-state index in [4.69, 9.17) is 0 Å². The molecule has 1 atom stereocenters. The normalized spacial score (nSPS) is 12.0. The van der Waals surface area contributed by atoms with Gasteiger partial charge in [0.05, 0.1) is 16.5 Å². The van der Waals surface area contributed by atoms with Crippen LogP contribution < -0.4 is 5.32 Å². The molecular formula is C18H15F3N4OS.